The summed E-state index contributed by atoms with van der Waals surface area (Å²) >= 11 is 11.1. The van der Waals surface area contributed by atoms with Gasteiger partial charge < -0.3 is 9.47 Å². The SMILES string of the molecule is C=CCOC1OC(=O)C(Cl)=C1Cl. The van der Waals surface area contributed by atoms with E-state index in [1.165, 1.54) is 6.08 Å². The molecule has 0 N–H and O–H groups in total. The average Bonchev–Trinajstić information content (AvgIpc) is 2.30. The largest absolute Gasteiger partial charge is 0.426 e. The molecule has 0 radical (unpaired) electrons. The summed E-state index contributed by atoms with van der Waals surface area (Å²) in [5.41, 5.74) is 0. The minimum absolute atomic E-state index is 0.0866. The van der Waals surface area contributed by atoms with Gasteiger partial charge in [-0.15, -0.1) is 6.58 Å². The van der Waals surface area contributed by atoms with E-state index < -0.39 is 12.3 Å². The van der Waals surface area contributed by atoms with E-state index >= 15 is 0 Å². The van der Waals surface area contributed by atoms with Gasteiger partial charge in [-0.05, 0) is 0 Å². The van der Waals surface area contributed by atoms with Gasteiger partial charge in [-0.1, -0.05) is 29.3 Å². The Morgan fingerprint density at radius 3 is 2.75 bits per heavy atom. The molecule has 0 aromatic carbocycles. The van der Waals surface area contributed by atoms with Crippen LogP contribution in [0.1, 0.15) is 0 Å². The maximum atomic E-state index is 10.8. The fourth-order valence-corrected chi connectivity index (χ4v) is 0.983. The van der Waals surface area contributed by atoms with E-state index in [1.54, 1.807) is 0 Å². The normalized spacial score (nSPS) is 22.8. The molecule has 12 heavy (non-hydrogen) atoms. The zero-order valence-electron chi connectivity index (χ0n) is 6.05. The third-order valence-electron chi connectivity index (χ3n) is 1.18. The van der Waals surface area contributed by atoms with Crippen molar-refractivity contribution in [3.63, 3.8) is 0 Å². The van der Waals surface area contributed by atoms with Crippen LogP contribution in [0.25, 0.3) is 0 Å². The Morgan fingerprint density at radius 2 is 2.33 bits per heavy atom. The molecule has 0 aromatic heterocycles. The molecule has 1 unspecified atom stereocenters. The smallest absolute Gasteiger partial charge is 0.353 e. The van der Waals surface area contributed by atoms with E-state index in [9.17, 15) is 4.79 Å². The molecule has 0 saturated carbocycles. The Balaban J connectivity index is 2.60. The van der Waals surface area contributed by atoms with Crippen LogP contribution >= 0.6 is 23.2 Å². The van der Waals surface area contributed by atoms with Gasteiger partial charge in [0.1, 0.15) is 10.1 Å². The van der Waals surface area contributed by atoms with E-state index in [4.69, 9.17) is 27.9 Å². The second kappa shape index (κ2) is 3.94. The lowest BCUT2D eigenvalue weighted by Crippen LogP contribution is -2.14. The van der Waals surface area contributed by atoms with Crippen molar-refractivity contribution in [2.75, 3.05) is 6.61 Å². The highest BCUT2D eigenvalue weighted by molar-refractivity contribution is 6.48. The minimum Gasteiger partial charge on any atom is -0.426 e. The van der Waals surface area contributed by atoms with Gasteiger partial charge in [0.25, 0.3) is 0 Å². The van der Waals surface area contributed by atoms with Crippen LogP contribution in [0.2, 0.25) is 0 Å². The summed E-state index contributed by atoms with van der Waals surface area (Å²) in [7, 11) is 0. The highest BCUT2D eigenvalue weighted by Crippen LogP contribution is 2.29. The molecule has 66 valence electrons. The van der Waals surface area contributed by atoms with Crippen molar-refractivity contribution in [2.24, 2.45) is 0 Å². The van der Waals surface area contributed by atoms with Crippen LogP contribution in [0, 0.1) is 0 Å². The molecule has 5 heteroatoms. The molecule has 1 rings (SSSR count). The zero-order chi connectivity index (χ0) is 9.14. The van der Waals surface area contributed by atoms with Crippen molar-refractivity contribution < 1.29 is 14.3 Å². The number of hydrogen-bond donors (Lipinski definition) is 0. The van der Waals surface area contributed by atoms with E-state index in [-0.39, 0.29) is 16.7 Å². The Morgan fingerprint density at radius 1 is 1.67 bits per heavy atom. The van der Waals surface area contributed by atoms with Crippen molar-refractivity contribution >= 4 is 29.2 Å². The fraction of sp³-hybridized carbons (Fsp3) is 0.286. The van der Waals surface area contributed by atoms with Gasteiger partial charge in [-0.25, -0.2) is 4.79 Å². The van der Waals surface area contributed by atoms with Crippen molar-refractivity contribution in [3.05, 3.63) is 22.7 Å². The molecule has 0 aliphatic carbocycles. The second-order valence-corrected chi connectivity index (χ2v) is 2.81. The topological polar surface area (TPSA) is 35.5 Å². The van der Waals surface area contributed by atoms with Crippen LogP contribution in [0.5, 0.6) is 0 Å². The molecular weight excluding hydrogens is 203 g/mol. The van der Waals surface area contributed by atoms with Gasteiger partial charge in [0.15, 0.2) is 0 Å². The van der Waals surface area contributed by atoms with Gasteiger partial charge in [0.2, 0.25) is 6.29 Å². The Kier molecular flexibility index (Phi) is 3.14. The van der Waals surface area contributed by atoms with E-state index in [0.717, 1.165) is 0 Å². The molecule has 0 saturated heterocycles. The molecule has 1 aliphatic heterocycles. The highest BCUT2D eigenvalue weighted by atomic mass is 35.5. The Labute approximate surface area is 79.5 Å². The fourth-order valence-electron chi connectivity index (χ4n) is 0.664. The summed E-state index contributed by atoms with van der Waals surface area (Å²) < 4.78 is 9.61. The minimum atomic E-state index is -0.871. The summed E-state index contributed by atoms with van der Waals surface area (Å²) in [5, 5.41) is -0.0331. The van der Waals surface area contributed by atoms with Crippen molar-refractivity contribution in [3.8, 4) is 0 Å². The van der Waals surface area contributed by atoms with Crippen LogP contribution in [0.3, 0.4) is 0 Å². The van der Waals surface area contributed by atoms with Crippen molar-refractivity contribution in [1.82, 2.24) is 0 Å². The molecule has 1 heterocycles. The summed E-state index contributed by atoms with van der Waals surface area (Å²) in [6.07, 6.45) is 0.647. The third kappa shape index (κ3) is 1.80. The molecule has 1 atom stereocenters. The monoisotopic (exact) mass is 208 g/mol. The third-order valence-corrected chi connectivity index (χ3v) is 2.00. The number of rotatable bonds is 3. The first-order valence-corrected chi connectivity index (χ1v) is 3.91. The lowest BCUT2D eigenvalue weighted by Gasteiger charge is -2.08. The van der Waals surface area contributed by atoms with Crippen molar-refractivity contribution in [1.29, 1.82) is 0 Å². The van der Waals surface area contributed by atoms with Crippen LogP contribution in [-0.4, -0.2) is 18.9 Å². The number of hydrogen-bond acceptors (Lipinski definition) is 3. The van der Waals surface area contributed by atoms with E-state index in [2.05, 4.69) is 11.3 Å². The number of cyclic esters (lactones) is 1. The maximum absolute atomic E-state index is 10.8. The number of esters is 1. The lowest BCUT2D eigenvalue weighted by atomic mass is 10.5. The first-order chi connectivity index (χ1) is 5.66. The van der Waals surface area contributed by atoms with Crippen LogP contribution in [-0.2, 0) is 14.3 Å². The van der Waals surface area contributed by atoms with Crippen LogP contribution in [0.15, 0.2) is 22.7 Å². The van der Waals surface area contributed by atoms with Crippen LogP contribution in [0.4, 0.5) is 0 Å². The molecule has 0 bridgehead atoms. The Bertz CT molecular complexity index is 247. The first kappa shape index (κ1) is 9.58. The van der Waals surface area contributed by atoms with Gasteiger partial charge in [-0.3, -0.25) is 0 Å². The predicted octanol–water partition coefficient (Wildman–Crippen LogP) is 1.76. The molecule has 0 spiro atoms. The molecular formula is C7H6Cl2O3. The maximum Gasteiger partial charge on any atom is 0.353 e. The predicted molar refractivity (Wildman–Crippen MR) is 44.8 cm³/mol. The first-order valence-electron chi connectivity index (χ1n) is 3.15. The van der Waals surface area contributed by atoms with Gasteiger partial charge >= 0.3 is 5.97 Å². The van der Waals surface area contributed by atoms with Gasteiger partial charge in [0, 0.05) is 0 Å². The quantitative estimate of drug-likeness (QED) is 0.524. The number of carbonyl (C=O) groups excluding carboxylic acids is 1. The van der Waals surface area contributed by atoms with Gasteiger partial charge in [-0.2, -0.15) is 0 Å². The number of ether oxygens (including phenoxy) is 2. The summed E-state index contributed by atoms with van der Waals surface area (Å²) in [5.74, 6) is -0.657. The van der Waals surface area contributed by atoms with E-state index in [0.29, 0.717) is 0 Å². The molecule has 0 amide bonds. The summed E-state index contributed by atoms with van der Waals surface area (Å²) in [6.45, 7) is 3.68. The number of carbonyl (C=O) groups is 1. The number of halogens is 2. The van der Waals surface area contributed by atoms with E-state index in [1.807, 2.05) is 0 Å². The highest BCUT2D eigenvalue weighted by Gasteiger charge is 2.32. The molecule has 3 nitrogen and oxygen atoms in total. The van der Waals surface area contributed by atoms with Gasteiger partial charge in [0.05, 0.1) is 6.61 Å². The van der Waals surface area contributed by atoms with Crippen molar-refractivity contribution in [2.45, 2.75) is 6.29 Å². The molecule has 1 aliphatic rings. The summed E-state index contributed by atoms with van der Waals surface area (Å²) in [6, 6.07) is 0. The lowest BCUT2D eigenvalue weighted by molar-refractivity contribution is -0.157. The second-order valence-electron chi connectivity index (χ2n) is 2.02. The van der Waals surface area contributed by atoms with Crippen LogP contribution < -0.4 is 0 Å². The average molecular weight is 209 g/mol. The standard InChI is InChI=1S/C7H6Cl2O3/c1-2-3-11-7-5(9)4(8)6(10)12-7/h2,7H,1,3H2. The Hall–Kier alpha value is -0.510. The zero-order valence-corrected chi connectivity index (χ0v) is 7.56. The molecule has 0 fully saturated rings. The molecule has 0 aromatic rings. The summed E-state index contributed by atoms with van der Waals surface area (Å²) in [4.78, 5) is 10.8.